The number of fused-ring (bicyclic) bond motifs is 1. The lowest BCUT2D eigenvalue weighted by Crippen LogP contribution is -2.35. The number of nitrogens with one attached hydrogen (secondary N) is 2. The highest BCUT2D eigenvalue weighted by molar-refractivity contribution is 5.77. The van der Waals surface area contributed by atoms with Crippen molar-refractivity contribution in [3.63, 3.8) is 0 Å². The number of hydrogen-bond acceptors (Lipinski definition) is 3. The first kappa shape index (κ1) is 15.3. The van der Waals surface area contributed by atoms with Crippen LogP contribution in [0.2, 0.25) is 0 Å². The number of carbonyl (C=O) groups excluding carboxylic acids is 1. The fourth-order valence-electron chi connectivity index (χ4n) is 2.60. The van der Waals surface area contributed by atoms with E-state index in [9.17, 15) is 4.79 Å². The van der Waals surface area contributed by atoms with Gasteiger partial charge in [0, 0.05) is 12.4 Å². The number of aromatic amines is 1. The molecule has 0 aliphatic carbocycles. The quantitative estimate of drug-likeness (QED) is 0.735. The van der Waals surface area contributed by atoms with Gasteiger partial charge in [0.15, 0.2) is 0 Å². The minimum Gasteiger partial charge on any atom is -0.344 e. The maximum absolute atomic E-state index is 12.3. The first-order valence-electron chi connectivity index (χ1n) is 7.88. The molecule has 6 nitrogen and oxygen atoms in total. The maximum atomic E-state index is 12.3. The Balaban J connectivity index is 1.81. The topological polar surface area (TPSA) is 75.6 Å². The first-order valence-corrected chi connectivity index (χ1v) is 7.88. The summed E-state index contributed by atoms with van der Waals surface area (Å²) in [5.41, 5.74) is 1.90. The van der Waals surface area contributed by atoms with Gasteiger partial charge in [-0.15, -0.1) is 0 Å². The first-order chi connectivity index (χ1) is 11.2. The van der Waals surface area contributed by atoms with Crippen LogP contribution in [0, 0.1) is 5.92 Å². The number of H-pyrrole nitrogens is 1. The summed E-state index contributed by atoms with van der Waals surface area (Å²) in [7, 11) is 0. The van der Waals surface area contributed by atoms with Crippen LogP contribution in [0.3, 0.4) is 0 Å². The monoisotopic (exact) mass is 311 g/mol. The number of aromatic nitrogens is 4. The maximum Gasteiger partial charge on any atom is 0.242 e. The number of nitrogens with zero attached hydrogens (tertiary/aromatic N) is 3. The Bertz CT molecular complexity index is 744. The van der Waals surface area contributed by atoms with E-state index in [1.165, 1.54) is 0 Å². The molecule has 3 aromatic rings. The second-order valence-electron chi connectivity index (χ2n) is 5.77. The van der Waals surface area contributed by atoms with Crippen LogP contribution in [-0.4, -0.2) is 25.7 Å². The zero-order valence-corrected chi connectivity index (χ0v) is 13.4. The highest BCUT2D eigenvalue weighted by atomic mass is 16.2. The van der Waals surface area contributed by atoms with Gasteiger partial charge in [-0.25, -0.2) is 4.98 Å². The zero-order chi connectivity index (χ0) is 16.2. The van der Waals surface area contributed by atoms with Crippen LogP contribution in [0.25, 0.3) is 11.0 Å². The average Bonchev–Trinajstić information content (AvgIpc) is 3.20. The van der Waals surface area contributed by atoms with Crippen LogP contribution >= 0.6 is 0 Å². The van der Waals surface area contributed by atoms with Crippen LogP contribution < -0.4 is 5.32 Å². The normalized spacial score (nSPS) is 13.8. The molecule has 2 atom stereocenters. The van der Waals surface area contributed by atoms with E-state index in [4.69, 9.17) is 0 Å². The van der Waals surface area contributed by atoms with Gasteiger partial charge in [-0.3, -0.25) is 9.48 Å². The van der Waals surface area contributed by atoms with E-state index in [1.54, 1.807) is 23.1 Å². The van der Waals surface area contributed by atoms with E-state index in [-0.39, 0.29) is 24.4 Å². The smallest absolute Gasteiger partial charge is 0.242 e. The molecule has 0 fully saturated rings. The van der Waals surface area contributed by atoms with Crippen molar-refractivity contribution in [3.05, 3.63) is 48.5 Å². The molecular weight excluding hydrogens is 290 g/mol. The molecule has 0 radical (unpaired) electrons. The molecule has 0 saturated carbocycles. The average molecular weight is 311 g/mol. The van der Waals surface area contributed by atoms with Crippen molar-refractivity contribution in [3.8, 4) is 0 Å². The Labute approximate surface area is 134 Å². The summed E-state index contributed by atoms with van der Waals surface area (Å²) in [6.45, 7) is 4.44. The number of imidazole rings is 1. The molecule has 2 heterocycles. The summed E-state index contributed by atoms with van der Waals surface area (Å²) in [5, 5.41) is 7.16. The van der Waals surface area contributed by atoms with Crippen LogP contribution in [0.1, 0.15) is 32.1 Å². The molecule has 23 heavy (non-hydrogen) atoms. The van der Waals surface area contributed by atoms with Gasteiger partial charge in [0.05, 0.1) is 17.1 Å². The molecule has 3 rings (SSSR count). The molecule has 120 valence electrons. The molecule has 0 saturated heterocycles. The van der Waals surface area contributed by atoms with E-state index in [1.807, 2.05) is 24.3 Å². The van der Waals surface area contributed by atoms with Gasteiger partial charge in [0.2, 0.25) is 5.91 Å². The number of para-hydroxylation sites is 2. The molecule has 2 N–H and O–H groups in total. The lowest BCUT2D eigenvalue weighted by Gasteiger charge is -2.22. The third-order valence-electron chi connectivity index (χ3n) is 4.10. The Morgan fingerprint density at radius 3 is 2.87 bits per heavy atom. The number of amides is 1. The van der Waals surface area contributed by atoms with Gasteiger partial charge < -0.3 is 10.3 Å². The van der Waals surface area contributed by atoms with Crippen LogP contribution in [0.4, 0.5) is 0 Å². The van der Waals surface area contributed by atoms with E-state index in [0.29, 0.717) is 0 Å². The minimum atomic E-state index is -0.143. The molecule has 1 amide bonds. The lowest BCUT2D eigenvalue weighted by atomic mass is 9.98. The van der Waals surface area contributed by atoms with Crippen LogP contribution in [0.15, 0.2) is 42.7 Å². The lowest BCUT2D eigenvalue weighted by molar-refractivity contribution is -0.123. The molecular formula is C17H21N5O. The highest BCUT2D eigenvalue weighted by Crippen LogP contribution is 2.24. The Kier molecular flexibility index (Phi) is 4.41. The minimum absolute atomic E-state index is 0.0699. The van der Waals surface area contributed by atoms with E-state index in [2.05, 4.69) is 34.2 Å². The summed E-state index contributed by atoms with van der Waals surface area (Å²) >= 11 is 0. The van der Waals surface area contributed by atoms with Gasteiger partial charge in [0.1, 0.15) is 12.4 Å². The van der Waals surface area contributed by atoms with Gasteiger partial charge in [-0.2, -0.15) is 5.10 Å². The molecule has 6 heteroatoms. The number of benzene rings is 1. The Morgan fingerprint density at radius 2 is 2.17 bits per heavy atom. The third-order valence-corrected chi connectivity index (χ3v) is 4.10. The van der Waals surface area contributed by atoms with Crippen molar-refractivity contribution in [2.75, 3.05) is 0 Å². The molecule has 2 aromatic heterocycles. The third kappa shape index (κ3) is 3.41. The van der Waals surface area contributed by atoms with Crippen molar-refractivity contribution >= 4 is 16.9 Å². The molecule has 1 aromatic carbocycles. The second kappa shape index (κ2) is 6.64. The van der Waals surface area contributed by atoms with Crippen LogP contribution in [0.5, 0.6) is 0 Å². The summed E-state index contributed by atoms with van der Waals surface area (Å²) in [5.74, 6) is 1.01. The Morgan fingerprint density at radius 1 is 1.35 bits per heavy atom. The van der Waals surface area contributed by atoms with Crippen molar-refractivity contribution in [1.82, 2.24) is 25.1 Å². The zero-order valence-electron chi connectivity index (χ0n) is 13.4. The van der Waals surface area contributed by atoms with E-state index < -0.39 is 0 Å². The summed E-state index contributed by atoms with van der Waals surface area (Å²) in [4.78, 5) is 20.3. The Hall–Kier alpha value is -2.63. The second-order valence-corrected chi connectivity index (χ2v) is 5.77. The predicted octanol–water partition coefficient (Wildman–Crippen LogP) is 2.66. The van der Waals surface area contributed by atoms with Crippen LogP contribution in [-0.2, 0) is 11.3 Å². The predicted molar refractivity (Wildman–Crippen MR) is 88.7 cm³/mol. The molecule has 0 aliphatic heterocycles. The highest BCUT2D eigenvalue weighted by Gasteiger charge is 2.23. The van der Waals surface area contributed by atoms with E-state index in [0.717, 1.165) is 23.3 Å². The van der Waals surface area contributed by atoms with Gasteiger partial charge in [0.25, 0.3) is 0 Å². The van der Waals surface area contributed by atoms with Crippen molar-refractivity contribution < 1.29 is 4.79 Å². The van der Waals surface area contributed by atoms with E-state index >= 15 is 0 Å². The van der Waals surface area contributed by atoms with Gasteiger partial charge in [-0.1, -0.05) is 32.4 Å². The number of rotatable bonds is 6. The molecule has 0 unspecified atom stereocenters. The fourth-order valence-corrected chi connectivity index (χ4v) is 2.60. The fraction of sp³-hybridized carbons (Fsp3) is 0.353. The molecule has 0 bridgehead atoms. The van der Waals surface area contributed by atoms with Crippen molar-refractivity contribution in [2.24, 2.45) is 5.92 Å². The molecule has 0 aliphatic rings. The largest absolute Gasteiger partial charge is 0.344 e. The summed E-state index contributed by atoms with van der Waals surface area (Å²) < 4.78 is 1.61. The number of carbonyl (C=O) groups is 1. The SMILES string of the molecule is CC[C@H](C)[C@H](NC(=O)Cn1cccn1)c1nc2ccccc2[nH]1. The summed E-state index contributed by atoms with van der Waals surface area (Å²) in [6, 6.07) is 9.55. The van der Waals surface area contributed by atoms with Gasteiger partial charge >= 0.3 is 0 Å². The standard InChI is InChI=1S/C17H21N5O/c1-3-12(2)16(21-15(23)11-22-10-6-9-18-22)17-19-13-7-4-5-8-14(13)20-17/h4-10,12,16H,3,11H2,1-2H3,(H,19,20)(H,21,23)/t12-,16-/m0/s1. The van der Waals surface area contributed by atoms with Crippen molar-refractivity contribution in [1.29, 1.82) is 0 Å². The number of hydrogen-bond donors (Lipinski definition) is 2. The molecule has 0 spiro atoms. The summed E-state index contributed by atoms with van der Waals surface area (Å²) in [6.07, 6.45) is 4.39. The van der Waals surface area contributed by atoms with Crippen molar-refractivity contribution in [2.45, 2.75) is 32.9 Å². The van der Waals surface area contributed by atoms with Gasteiger partial charge in [-0.05, 0) is 24.1 Å².